The van der Waals surface area contributed by atoms with E-state index in [1.807, 2.05) is 200 Å². The van der Waals surface area contributed by atoms with Gasteiger partial charge in [0, 0.05) is 91.3 Å². The monoisotopic (exact) mass is 1120 g/mol. The minimum absolute atomic E-state index is 0.000463. The number of carbonyl (C=O) groups is 1. The minimum atomic E-state index is -1.11. The highest BCUT2D eigenvalue weighted by Crippen LogP contribution is 2.26. The van der Waals surface area contributed by atoms with Crippen LogP contribution in [0.5, 0.6) is 0 Å². The summed E-state index contributed by atoms with van der Waals surface area (Å²) in [5, 5.41) is 9.42. The van der Waals surface area contributed by atoms with Gasteiger partial charge in [-0.15, -0.1) is 5.43 Å². The van der Waals surface area contributed by atoms with Gasteiger partial charge in [0.15, 0.2) is 41.4 Å². The molecule has 11 rings (SSSR count). The Morgan fingerprint density at radius 3 is 1.67 bits per heavy atom. The average molecular weight is 1120 g/mol. The number of rotatable bonds is 10. The first-order valence-electron chi connectivity index (χ1n) is 24.8. The Kier molecular flexibility index (Phi) is 21.1. The van der Waals surface area contributed by atoms with Crippen molar-refractivity contribution in [2.24, 2.45) is 0 Å². The van der Waals surface area contributed by atoms with Crippen LogP contribution in [0.15, 0.2) is 189 Å². The number of nitrogens with one attached hydrogen (secondary N) is 1. The first-order chi connectivity index (χ1) is 39.2. The van der Waals surface area contributed by atoms with Crippen molar-refractivity contribution in [3.05, 3.63) is 234 Å². The summed E-state index contributed by atoms with van der Waals surface area (Å²) >= 11 is 11.9. The molecule has 8 aromatic heterocycles. The summed E-state index contributed by atoms with van der Waals surface area (Å²) in [5.74, 6) is 4.26. The SMILES string of the molecule is CN(C)C#C/C=C/c1ccccc1.CN(C)c1nc2ccnc(Cl)n2c1/C=C/c1ccccc1.CN(C)c1nc2ccncn2c1/C=C/c1ccccc1.Clc1nccc(N[n+]2ccccc2)n1.Nc1nc2ccncn2c1C(=O)O. The normalized spacial score (nSPS) is 10.6. The van der Waals surface area contributed by atoms with Crippen LogP contribution in [0.3, 0.4) is 0 Å². The van der Waals surface area contributed by atoms with Gasteiger partial charge in [-0.1, -0.05) is 120 Å². The van der Waals surface area contributed by atoms with Gasteiger partial charge in [-0.25, -0.2) is 39.7 Å². The van der Waals surface area contributed by atoms with Gasteiger partial charge in [0.2, 0.25) is 10.6 Å². The first-order valence-corrected chi connectivity index (χ1v) is 25.6. The van der Waals surface area contributed by atoms with Crippen molar-refractivity contribution < 1.29 is 14.6 Å². The van der Waals surface area contributed by atoms with E-state index in [0.29, 0.717) is 16.7 Å². The lowest BCUT2D eigenvalue weighted by atomic mass is 10.2. The molecule has 81 heavy (non-hydrogen) atoms. The summed E-state index contributed by atoms with van der Waals surface area (Å²) in [6.07, 6.45) is 25.5. The van der Waals surface area contributed by atoms with Crippen LogP contribution in [0.25, 0.3) is 47.3 Å². The number of hydrogen-bond donors (Lipinski definition) is 3. The molecule has 0 fully saturated rings. The lowest BCUT2D eigenvalue weighted by Crippen LogP contribution is -2.41. The highest BCUT2D eigenvalue weighted by molar-refractivity contribution is 6.28. The van der Waals surface area contributed by atoms with Crippen molar-refractivity contribution in [2.75, 3.05) is 63.2 Å². The molecule has 4 N–H and O–H groups in total. The molecule has 0 aliphatic carbocycles. The summed E-state index contributed by atoms with van der Waals surface area (Å²) in [4.78, 5) is 49.5. The Balaban J connectivity index is 0.000000148. The predicted octanol–water partition coefficient (Wildman–Crippen LogP) is 10.1. The van der Waals surface area contributed by atoms with E-state index in [-0.39, 0.29) is 16.8 Å². The Bertz CT molecular complexity index is 3930. The molecule has 408 valence electrons. The maximum Gasteiger partial charge on any atom is 0.356 e. The minimum Gasteiger partial charge on any atom is -0.476 e. The number of anilines is 4. The van der Waals surface area contributed by atoms with Gasteiger partial charge >= 0.3 is 5.97 Å². The number of carboxylic acid groups (broad SMARTS) is 1. The van der Waals surface area contributed by atoms with E-state index in [0.717, 1.165) is 45.4 Å². The highest BCUT2D eigenvalue weighted by atomic mass is 35.5. The largest absolute Gasteiger partial charge is 0.476 e. The number of aromatic nitrogens is 12. The van der Waals surface area contributed by atoms with Crippen molar-refractivity contribution in [3.8, 4) is 12.0 Å². The lowest BCUT2D eigenvalue weighted by molar-refractivity contribution is -0.643. The summed E-state index contributed by atoms with van der Waals surface area (Å²) in [7, 11) is 11.8. The molecular formula is C60H58Cl2N17O2+. The molecule has 0 spiro atoms. The molecule has 8 heterocycles. The second kappa shape index (κ2) is 29.4. The van der Waals surface area contributed by atoms with Gasteiger partial charge in [-0.05, 0) is 82.4 Å². The molecule has 3 aromatic carbocycles. The molecule has 0 bridgehead atoms. The molecule has 0 saturated carbocycles. The molecule has 0 radical (unpaired) electrons. The fraction of sp³-hybridized carbons (Fsp3) is 0.100. The smallest absolute Gasteiger partial charge is 0.356 e. The number of carboxylic acids is 1. The maximum atomic E-state index is 10.7. The van der Waals surface area contributed by atoms with Gasteiger partial charge in [-0.2, -0.15) is 4.98 Å². The number of hydrogen-bond acceptors (Lipinski definition) is 14. The van der Waals surface area contributed by atoms with E-state index in [1.165, 1.54) is 22.5 Å². The zero-order valence-corrected chi connectivity index (χ0v) is 46.7. The number of imidazole rings is 3. The fourth-order valence-corrected chi connectivity index (χ4v) is 7.70. The molecule has 0 unspecified atom stereocenters. The van der Waals surface area contributed by atoms with E-state index in [2.05, 4.69) is 93.7 Å². The number of nitrogens with two attached hydrogens (primary N) is 1. The van der Waals surface area contributed by atoms with Crippen LogP contribution < -0.4 is 25.6 Å². The third-order valence-corrected chi connectivity index (χ3v) is 11.4. The average Bonchev–Trinajstić information content (AvgIpc) is 4.21. The predicted molar refractivity (Wildman–Crippen MR) is 324 cm³/mol. The maximum absolute atomic E-state index is 10.7. The number of pyridine rings is 1. The topological polar surface area (TPSA) is 205 Å². The van der Waals surface area contributed by atoms with Crippen molar-refractivity contribution in [1.29, 1.82) is 0 Å². The molecule has 0 aliphatic heterocycles. The Morgan fingerprint density at radius 2 is 1.10 bits per heavy atom. The van der Waals surface area contributed by atoms with Crippen LogP contribution in [-0.4, -0.2) is 111 Å². The van der Waals surface area contributed by atoms with E-state index in [1.54, 1.807) is 41.7 Å². The van der Waals surface area contributed by atoms with E-state index < -0.39 is 5.97 Å². The molecule has 11 aromatic rings. The molecule has 0 saturated heterocycles. The summed E-state index contributed by atoms with van der Waals surface area (Å²) in [6.45, 7) is 0. The van der Waals surface area contributed by atoms with Gasteiger partial charge in [0.25, 0.3) is 0 Å². The van der Waals surface area contributed by atoms with E-state index in [4.69, 9.17) is 34.0 Å². The number of allylic oxidation sites excluding steroid dienone is 1. The van der Waals surface area contributed by atoms with Crippen molar-refractivity contribution in [1.82, 2.24) is 58.0 Å². The van der Waals surface area contributed by atoms with Gasteiger partial charge in [0.05, 0.1) is 11.4 Å². The lowest BCUT2D eigenvalue weighted by Gasteiger charge is -2.09. The number of halogens is 2. The third kappa shape index (κ3) is 17.0. The fourth-order valence-electron chi connectivity index (χ4n) is 7.31. The van der Waals surface area contributed by atoms with Crippen LogP contribution in [0.1, 0.15) is 38.6 Å². The second-order valence-electron chi connectivity index (χ2n) is 17.6. The van der Waals surface area contributed by atoms with Gasteiger partial charge in [-0.3, -0.25) is 13.2 Å². The summed E-state index contributed by atoms with van der Waals surface area (Å²) < 4.78 is 6.95. The Hall–Kier alpha value is -10.4. The van der Waals surface area contributed by atoms with E-state index in [9.17, 15) is 4.79 Å². The number of nitrogen functional groups attached to an aromatic ring is 1. The van der Waals surface area contributed by atoms with E-state index >= 15 is 0 Å². The second-order valence-corrected chi connectivity index (χ2v) is 18.3. The van der Waals surface area contributed by atoms with Crippen molar-refractivity contribution in [2.45, 2.75) is 0 Å². The number of fused-ring (bicyclic) bond motifs is 3. The summed E-state index contributed by atoms with van der Waals surface area (Å²) in [6, 6.07) is 46.2. The van der Waals surface area contributed by atoms with Crippen LogP contribution in [0.4, 0.5) is 23.3 Å². The molecule has 19 nitrogen and oxygen atoms in total. The quantitative estimate of drug-likeness (QED) is 0.0504. The van der Waals surface area contributed by atoms with Gasteiger partial charge < -0.3 is 25.5 Å². The van der Waals surface area contributed by atoms with Crippen molar-refractivity contribution in [3.63, 3.8) is 0 Å². The number of benzene rings is 3. The zero-order valence-electron chi connectivity index (χ0n) is 45.2. The third-order valence-electron chi connectivity index (χ3n) is 11.0. The molecular weight excluding hydrogens is 1060 g/mol. The highest BCUT2D eigenvalue weighted by Gasteiger charge is 2.16. The number of aromatic carboxylic acids is 1. The first kappa shape index (κ1) is 58.3. The molecule has 0 amide bonds. The standard InChI is InChI=1S/C16H15ClN4.C16H16N4.C12H13N.C9H8ClN4.C7H6N4O2/c1-20(2)15-13(9-8-12-6-4-3-5-7-12)21-14(19-15)10-11-18-16(21)17;1-19(2)16-14(9-8-13-6-4-3-5-7-13)20-12-17-11-10-15(20)18-16;1-13(2)11-7-6-10-12-8-4-3-5-9-12;10-9-11-5-4-8(12-9)13-14-6-2-1-3-7-14;8-6-5(7(12)13)11-3-9-2-1-4(11)10-6/h3-11H,1-2H3;3-12H,1-2H3;3-6,8-10H,1-2H3;1-7H,(H,11,12,13);1-3H,8H2,(H,12,13)/q;;;+1;/b2*9-8+;10-6+;;. The van der Waals surface area contributed by atoms with Crippen LogP contribution >= 0.6 is 23.2 Å². The molecule has 0 atom stereocenters. The van der Waals surface area contributed by atoms with Crippen LogP contribution in [-0.2, 0) is 0 Å². The number of nitrogens with zero attached hydrogens (tertiary/aromatic N) is 15. The molecule has 0 aliphatic rings. The Labute approximate surface area is 479 Å². The Morgan fingerprint density at radius 1 is 0.593 bits per heavy atom. The van der Waals surface area contributed by atoms with Crippen LogP contribution in [0.2, 0.25) is 10.6 Å². The van der Waals surface area contributed by atoms with Crippen molar-refractivity contribution >= 4 is 99.8 Å². The summed E-state index contributed by atoms with van der Waals surface area (Å²) in [5.41, 5.74) is 16.0. The van der Waals surface area contributed by atoms with Crippen LogP contribution in [0, 0.1) is 12.0 Å². The zero-order chi connectivity index (χ0) is 57.5. The van der Waals surface area contributed by atoms with Gasteiger partial charge in [0.1, 0.15) is 29.6 Å². The molecule has 21 heteroatoms.